The molecule has 0 aliphatic carbocycles. The Morgan fingerprint density at radius 2 is 1.65 bits per heavy atom. The minimum Gasteiger partial charge on any atom is -0.478 e. The van der Waals surface area contributed by atoms with E-state index < -0.39 is 11.9 Å². The number of rotatable bonds is 4. The lowest BCUT2D eigenvalue weighted by Crippen LogP contribution is -2.05. The Labute approximate surface area is 116 Å². The van der Waals surface area contributed by atoms with Gasteiger partial charge in [0.25, 0.3) is 0 Å². The van der Waals surface area contributed by atoms with Gasteiger partial charge >= 0.3 is 5.97 Å². The highest BCUT2D eigenvalue weighted by molar-refractivity contribution is 5.91. The van der Waals surface area contributed by atoms with Gasteiger partial charge in [0, 0.05) is 6.08 Å². The number of carbonyl (C=O) groups is 2. The van der Waals surface area contributed by atoms with E-state index >= 15 is 0 Å². The summed E-state index contributed by atoms with van der Waals surface area (Å²) in [6.07, 6.45) is 2.90. The molecule has 100 valence electrons. The fourth-order valence-corrected chi connectivity index (χ4v) is 1.83. The maximum absolute atomic E-state index is 11.0. The number of hydrogen-bond acceptors (Lipinski definition) is 2. The number of hydrogen-bond donors (Lipinski definition) is 2. The highest BCUT2D eigenvalue weighted by atomic mass is 16.4. The summed E-state index contributed by atoms with van der Waals surface area (Å²) in [6, 6.07) is 14.1. The van der Waals surface area contributed by atoms with Crippen molar-refractivity contribution in [2.45, 2.75) is 0 Å². The number of carbonyl (C=O) groups excluding carboxylic acids is 1. The molecule has 20 heavy (non-hydrogen) atoms. The fraction of sp³-hybridized carbons (Fsp3) is 0. The van der Waals surface area contributed by atoms with Gasteiger partial charge in [-0.25, -0.2) is 4.79 Å². The van der Waals surface area contributed by atoms with Crippen LogP contribution in [0.5, 0.6) is 0 Å². The van der Waals surface area contributed by atoms with Crippen molar-refractivity contribution in [3.63, 3.8) is 0 Å². The molecule has 3 N–H and O–H groups in total. The van der Waals surface area contributed by atoms with E-state index in [1.165, 1.54) is 6.08 Å². The average molecular weight is 267 g/mol. The second kappa shape index (κ2) is 5.84. The molecule has 0 heterocycles. The summed E-state index contributed by atoms with van der Waals surface area (Å²) in [4.78, 5) is 21.7. The average Bonchev–Trinajstić information content (AvgIpc) is 2.45. The van der Waals surface area contributed by atoms with Gasteiger partial charge in [-0.2, -0.15) is 0 Å². The monoisotopic (exact) mass is 267 g/mol. The second-order valence-electron chi connectivity index (χ2n) is 4.25. The van der Waals surface area contributed by atoms with Crippen LogP contribution < -0.4 is 5.73 Å². The third kappa shape index (κ3) is 3.32. The molecule has 0 fully saturated rings. The summed E-state index contributed by atoms with van der Waals surface area (Å²) in [6.45, 7) is 0. The van der Waals surface area contributed by atoms with Crippen LogP contribution in [0, 0.1) is 0 Å². The number of benzene rings is 2. The molecule has 0 spiro atoms. The van der Waals surface area contributed by atoms with Gasteiger partial charge in [-0.15, -0.1) is 0 Å². The summed E-state index contributed by atoms with van der Waals surface area (Å²) in [5, 5.41) is 8.99. The van der Waals surface area contributed by atoms with E-state index in [4.69, 9.17) is 10.8 Å². The molecule has 0 aliphatic rings. The fourth-order valence-electron chi connectivity index (χ4n) is 1.83. The van der Waals surface area contributed by atoms with Crippen LogP contribution in [0.3, 0.4) is 0 Å². The molecule has 4 heteroatoms. The molecule has 0 saturated carbocycles. The Morgan fingerprint density at radius 1 is 1.00 bits per heavy atom. The van der Waals surface area contributed by atoms with E-state index in [9.17, 15) is 9.59 Å². The van der Waals surface area contributed by atoms with Gasteiger partial charge in [0.15, 0.2) is 0 Å². The highest BCUT2D eigenvalue weighted by Crippen LogP contribution is 2.22. The Bertz CT molecular complexity index is 690. The first kappa shape index (κ1) is 13.5. The van der Waals surface area contributed by atoms with E-state index in [0.29, 0.717) is 0 Å². The zero-order valence-electron chi connectivity index (χ0n) is 10.6. The molecule has 2 rings (SSSR count). The quantitative estimate of drug-likeness (QED) is 0.835. The molecule has 0 aliphatic heterocycles. The number of amides is 1. The van der Waals surface area contributed by atoms with Crippen molar-refractivity contribution in [1.82, 2.24) is 0 Å². The van der Waals surface area contributed by atoms with Crippen LogP contribution in [0.15, 0.2) is 54.6 Å². The summed E-state index contributed by atoms with van der Waals surface area (Å²) in [5.74, 6) is -1.47. The van der Waals surface area contributed by atoms with Gasteiger partial charge in [-0.1, -0.05) is 30.3 Å². The molecular formula is C16H13NO3. The number of carboxylic acids is 1. The smallest absolute Gasteiger partial charge is 0.335 e. The van der Waals surface area contributed by atoms with Crippen LogP contribution in [0.2, 0.25) is 0 Å². The molecule has 4 nitrogen and oxygen atoms in total. The normalized spacial score (nSPS) is 10.6. The Balaban J connectivity index is 2.38. The van der Waals surface area contributed by atoms with Crippen LogP contribution in [0.1, 0.15) is 15.9 Å². The van der Waals surface area contributed by atoms with Gasteiger partial charge in [-0.3, -0.25) is 4.79 Å². The summed E-state index contributed by atoms with van der Waals surface area (Å²) in [5.41, 5.74) is 7.79. The lowest BCUT2D eigenvalue weighted by molar-refractivity contribution is -0.113. The molecular weight excluding hydrogens is 254 g/mol. The lowest BCUT2D eigenvalue weighted by Gasteiger charge is -2.04. The van der Waals surface area contributed by atoms with Crippen molar-refractivity contribution in [3.05, 3.63) is 65.7 Å². The van der Waals surface area contributed by atoms with Crippen LogP contribution >= 0.6 is 0 Å². The van der Waals surface area contributed by atoms with Crippen molar-refractivity contribution >= 4 is 18.0 Å². The first-order chi connectivity index (χ1) is 9.56. The zero-order chi connectivity index (χ0) is 14.5. The van der Waals surface area contributed by atoms with Gasteiger partial charge in [-0.05, 0) is 41.0 Å². The topological polar surface area (TPSA) is 80.4 Å². The van der Waals surface area contributed by atoms with Crippen molar-refractivity contribution < 1.29 is 14.7 Å². The SMILES string of the molecule is NC(=O)/C=C\c1cccc(-c2cccc(C(=O)O)c2)c1. The number of primary amides is 1. The van der Waals surface area contributed by atoms with E-state index in [1.54, 1.807) is 24.3 Å². The van der Waals surface area contributed by atoms with E-state index in [-0.39, 0.29) is 5.56 Å². The van der Waals surface area contributed by atoms with Gasteiger partial charge in [0.2, 0.25) is 5.91 Å². The van der Waals surface area contributed by atoms with E-state index in [2.05, 4.69) is 0 Å². The van der Waals surface area contributed by atoms with Gasteiger partial charge in [0.1, 0.15) is 0 Å². The highest BCUT2D eigenvalue weighted by Gasteiger charge is 2.04. The van der Waals surface area contributed by atoms with Crippen molar-refractivity contribution in [3.8, 4) is 11.1 Å². The number of aromatic carboxylic acids is 1. The van der Waals surface area contributed by atoms with E-state index in [0.717, 1.165) is 16.7 Å². The summed E-state index contributed by atoms with van der Waals surface area (Å²) >= 11 is 0. The van der Waals surface area contributed by atoms with Crippen LogP contribution in [0.25, 0.3) is 17.2 Å². The molecule has 0 saturated heterocycles. The lowest BCUT2D eigenvalue weighted by atomic mass is 10.0. The number of nitrogens with two attached hydrogens (primary N) is 1. The standard InChI is InChI=1S/C16H13NO3/c17-15(18)8-7-11-3-1-4-12(9-11)13-5-2-6-14(10-13)16(19)20/h1-10H,(H2,17,18)(H,19,20)/b8-7-. The first-order valence-electron chi connectivity index (χ1n) is 5.97. The van der Waals surface area contributed by atoms with Crippen molar-refractivity contribution in [1.29, 1.82) is 0 Å². The summed E-state index contributed by atoms with van der Waals surface area (Å²) in [7, 11) is 0. The molecule has 0 bridgehead atoms. The Kier molecular flexibility index (Phi) is 3.96. The molecule has 0 aromatic heterocycles. The maximum atomic E-state index is 11.0. The van der Waals surface area contributed by atoms with Gasteiger partial charge < -0.3 is 10.8 Å². The molecule has 1 amide bonds. The van der Waals surface area contributed by atoms with Gasteiger partial charge in [0.05, 0.1) is 5.56 Å². The molecule has 2 aromatic rings. The predicted molar refractivity (Wildman–Crippen MR) is 77.1 cm³/mol. The van der Waals surface area contributed by atoms with Crippen molar-refractivity contribution in [2.24, 2.45) is 5.73 Å². The molecule has 0 unspecified atom stereocenters. The second-order valence-corrected chi connectivity index (χ2v) is 4.25. The zero-order valence-corrected chi connectivity index (χ0v) is 10.6. The van der Waals surface area contributed by atoms with Crippen LogP contribution in [0.4, 0.5) is 0 Å². The van der Waals surface area contributed by atoms with E-state index in [1.807, 2.05) is 30.3 Å². The maximum Gasteiger partial charge on any atom is 0.335 e. The Hall–Kier alpha value is -2.88. The Morgan fingerprint density at radius 3 is 2.30 bits per heavy atom. The molecule has 0 radical (unpaired) electrons. The summed E-state index contributed by atoms with van der Waals surface area (Å²) < 4.78 is 0. The predicted octanol–water partition coefficient (Wildman–Crippen LogP) is 2.55. The molecule has 2 aromatic carbocycles. The number of carboxylic acid groups (broad SMARTS) is 1. The first-order valence-corrected chi connectivity index (χ1v) is 5.97. The van der Waals surface area contributed by atoms with Crippen molar-refractivity contribution in [2.75, 3.05) is 0 Å². The molecule has 0 atom stereocenters. The minimum absolute atomic E-state index is 0.237. The largest absolute Gasteiger partial charge is 0.478 e. The third-order valence-corrected chi connectivity index (χ3v) is 2.77. The third-order valence-electron chi connectivity index (χ3n) is 2.77. The van der Waals surface area contributed by atoms with Crippen LogP contribution in [-0.2, 0) is 4.79 Å². The van der Waals surface area contributed by atoms with Crippen LogP contribution in [-0.4, -0.2) is 17.0 Å². The minimum atomic E-state index is -0.961.